The maximum atomic E-state index is 12.8. The van der Waals surface area contributed by atoms with Crippen LogP contribution < -0.4 is 20.9 Å². The minimum Gasteiger partial charge on any atom is -0.341 e. The molecule has 4 aromatic carbocycles. The Labute approximate surface area is 311 Å². The lowest BCUT2D eigenvalue weighted by Gasteiger charge is -2.36. The Morgan fingerprint density at radius 2 is 0.981 bits per heavy atom. The van der Waals surface area contributed by atoms with Gasteiger partial charge < -0.3 is 20.9 Å². The van der Waals surface area contributed by atoms with E-state index in [0.717, 1.165) is 48.4 Å². The standard InChI is InChI=1S/C21H20F3N3O3.C19H21N3O2/c22-21(23,24)19(29)25-13-18(28)16-9-7-15(8-10-16)14-27(17-5-2-1-3-6-17)20(30)26-11-4-12-26;20-13-18(23)16-9-7-15(8-10-16)14-22(17-5-2-1-3-6-17)19(24)21-11-4-12-21/h1-3,5-10H,4,11-14H2,(H,25,29);1-3,5-10H,4,11-14,20H2. The normalized spacial score (nSPS) is 13.3. The number of anilines is 2. The Kier molecular flexibility index (Phi) is 13.2. The first-order chi connectivity index (χ1) is 25.9. The zero-order chi connectivity index (χ0) is 38.7. The largest absolute Gasteiger partial charge is 0.471 e. The summed E-state index contributed by atoms with van der Waals surface area (Å²) in [5, 5.41) is 1.56. The van der Waals surface area contributed by atoms with E-state index in [4.69, 9.17) is 5.73 Å². The molecule has 2 saturated heterocycles. The molecule has 0 unspecified atom stereocenters. The topological polar surface area (TPSA) is 136 Å². The van der Waals surface area contributed by atoms with Gasteiger partial charge in [-0.2, -0.15) is 13.2 Å². The van der Waals surface area contributed by atoms with Crippen molar-refractivity contribution in [1.29, 1.82) is 0 Å². The zero-order valence-corrected chi connectivity index (χ0v) is 29.5. The van der Waals surface area contributed by atoms with Crippen LogP contribution in [0.15, 0.2) is 109 Å². The first-order valence-corrected chi connectivity index (χ1v) is 17.5. The highest BCUT2D eigenvalue weighted by molar-refractivity contribution is 6.00. The number of hydrogen-bond acceptors (Lipinski definition) is 6. The number of alkyl halides is 3. The molecule has 2 heterocycles. The van der Waals surface area contributed by atoms with E-state index in [9.17, 15) is 37.1 Å². The number of amides is 5. The van der Waals surface area contributed by atoms with E-state index in [-0.39, 0.29) is 36.5 Å². The van der Waals surface area contributed by atoms with Gasteiger partial charge in [-0.15, -0.1) is 0 Å². The van der Waals surface area contributed by atoms with Crippen LogP contribution in [0.5, 0.6) is 0 Å². The van der Waals surface area contributed by atoms with E-state index in [1.807, 2.05) is 77.7 Å². The van der Waals surface area contributed by atoms with Gasteiger partial charge in [0, 0.05) is 48.7 Å². The Morgan fingerprint density at radius 3 is 1.31 bits per heavy atom. The molecule has 282 valence electrons. The molecule has 14 heteroatoms. The zero-order valence-electron chi connectivity index (χ0n) is 29.5. The highest BCUT2D eigenvalue weighted by Crippen LogP contribution is 2.23. The Balaban J connectivity index is 0.000000213. The molecule has 2 aliphatic heterocycles. The quantitative estimate of drug-likeness (QED) is 0.180. The van der Waals surface area contributed by atoms with Gasteiger partial charge in [-0.1, -0.05) is 84.9 Å². The fraction of sp³-hybridized carbons (Fsp3) is 0.275. The molecule has 0 aromatic heterocycles. The first kappa shape index (κ1) is 39.2. The molecule has 11 nitrogen and oxygen atoms in total. The van der Waals surface area contributed by atoms with Gasteiger partial charge >= 0.3 is 24.1 Å². The van der Waals surface area contributed by atoms with Crippen LogP contribution in [0.3, 0.4) is 0 Å². The van der Waals surface area contributed by atoms with Crippen LogP contribution >= 0.6 is 0 Å². The summed E-state index contributed by atoms with van der Waals surface area (Å²) in [5.74, 6) is -2.88. The van der Waals surface area contributed by atoms with Crippen molar-refractivity contribution in [1.82, 2.24) is 15.1 Å². The maximum Gasteiger partial charge on any atom is 0.471 e. The van der Waals surface area contributed by atoms with Crippen molar-refractivity contribution in [3.63, 3.8) is 0 Å². The van der Waals surface area contributed by atoms with Crippen molar-refractivity contribution >= 4 is 40.9 Å². The molecular formula is C40H41F3N6O5. The number of nitrogens with two attached hydrogens (primary N) is 1. The smallest absolute Gasteiger partial charge is 0.341 e. The number of carbonyl (C=O) groups is 5. The van der Waals surface area contributed by atoms with Crippen LogP contribution in [0.2, 0.25) is 0 Å². The van der Waals surface area contributed by atoms with Gasteiger partial charge in [0.15, 0.2) is 11.6 Å². The molecule has 3 N–H and O–H groups in total. The Morgan fingerprint density at radius 1 is 0.593 bits per heavy atom. The molecule has 0 spiro atoms. The molecule has 0 bridgehead atoms. The van der Waals surface area contributed by atoms with E-state index >= 15 is 0 Å². The predicted molar refractivity (Wildman–Crippen MR) is 198 cm³/mol. The van der Waals surface area contributed by atoms with Crippen molar-refractivity contribution in [2.24, 2.45) is 5.73 Å². The third-order valence-corrected chi connectivity index (χ3v) is 8.94. The summed E-state index contributed by atoms with van der Waals surface area (Å²) in [6, 6.07) is 32.3. The van der Waals surface area contributed by atoms with Gasteiger partial charge in [0.25, 0.3) is 0 Å². The van der Waals surface area contributed by atoms with Gasteiger partial charge in [-0.25, -0.2) is 9.59 Å². The first-order valence-electron chi connectivity index (χ1n) is 17.5. The van der Waals surface area contributed by atoms with Crippen LogP contribution in [0.4, 0.5) is 34.1 Å². The van der Waals surface area contributed by atoms with Gasteiger partial charge in [0.05, 0.1) is 26.2 Å². The van der Waals surface area contributed by atoms with Gasteiger partial charge in [-0.3, -0.25) is 24.2 Å². The van der Waals surface area contributed by atoms with Crippen LogP contribution in [0, 0.1) is 0 Å². The molecule has 0 saturated carbocycles. The number of ketones is 2. The number of nitrogens with zero attached hydrogens (tertiary/aromatic N) is 4. The maximum absolute atomic E-state index is 12.8. The van der Waals surface area contributed by atoms with Crippen LogP contribution in [0.25, 0.3) is 0 Å². The molecule has 5 amide bonds. The number of likely N-dealkylation sites (tertiary alicyclic amines) is 2. The van der Waals surface area contributed by atoms with Gasteiger partial charge in [0.1, 0.15) is 0 Å². The monoisotopic (exact) mass is 742 g/mol. The molecule has 54 heavy (non-hydrogen) atoms. The average Bonchev–Trinajstić information content (AvgIpc) is 3.14. The fourth-order valence-electron chi connectivity index (χ4n) is 5.55. The van der Waals surface area contributed by atoms with Crippen LogP contribution in [-0.4, -0.2) is 84.8 Å². The number of nitrogens with one attached hydrogen (secondary N) is 1. The molecule has 0 radical (unpaired) electrons. The third kappa shape index (κ3) is 10.3. The number of benzene rings is 4. The molecule has 0 atom stereocenters. The Bertz CT molecular complexity index is 1900. The van der Waals surface area contributed by atoms with Crippen molar-refractivity contribution in [2.45, 2.75) is 32.1 Å². The minimum absolute atomic E-state index is 0.00291. The molecule has 2 aliphatic rings. The van der Waals surface area contributed by atoms with Crippen LogP contribution in [-0.2, 0) is 17.9 Å². The summed E-state index contributed by atoms with van der Waals surface area (Å²) in [6.45, 7) is 3.04. The highest BCUT2D eigenvalue weighted by atomic mass is 19.4. The Hall–Kier alpha value is -6.02. The van der Waals surface area contributed by atoms with E-state index in [1.54, 1.807) is 44.3 Å². The molecule has 0 aliphatic carbocycles. The molecule has 4 aromatic rings. The SMILES string of the molecule is NCC(=O)c1ccc(CN(C(=O)N2CCC2)c2ccccc2)cc1.O=C(CNC(=O)C(F)(F)F)c1ccc(CN(C(=O)N2CCC2)c2ccccc2)cc1. The second-order valence-corrected chi connectivity index (χ2v) is 12.7. The third-order valence-electron chi connectivity index (χ3n) is 8.94. The summed E-state index contributed by atoms with van der Waals surface area (Å²) in [7, 11) is 0. The fourth-order valence-corrected chi connectivity index (χ4v) is 5.55. The van der Waals surface area contributed by atoms with E-state index < -0.39 is 24.4 Å². The second-order valence-electron chi connectivity index (χ2n) is 12.7. The summed E-state index contributed by atoms with van der Waals surface area (Å²) < 4.78 is 36.6. The van der Waals surface area contributed by atoms with Crippen molar-refractivity contribution in [3.8, 4) is 0 Å². The number of carbonyl (C=O) groups excluding carboxylic acids is 5. The number of halogens is 3. The second kappa shape index (κ2) is 18.1. The van der Waals surface area contributed by atoms with Gasteiger partial charge in [0.2, 0.25) is 0 Å². The summed E-state index contributed by atoms with van der Waals surface area (Å²) in [5.41, 5.74) is 9.49. The van der Waals surface area contributed by atoms with E-state index in [1.165, 1.54) is 12.1 Å². The van der Waals surface area contributed by atoms with Gasteiger partial charge in [-0.05, 0) is 48.2 Å². The lowest BCUT2D eigenvalue weighted by molar-refractivity contribution is -0.173. The minimum atomic E-state index is -5.03. The van der Waals surface area contributed by atoms with E-state index in [0.29, 0.717) is 25.2 Å². The summed E-state index contributed by atoms with van der Waals surface area (Å²) in [4.78, 5) is 67.0. The van der Waals surface area contributed by atoms with E-state index in [2.05, 4.69) is 0 Å². The lowest BCUT2D eigenvalue weighted by Crippen LogP contribution is -2.49. The predicted octanol–water partition coefficient (Wildman–Crippen LogP) is 6.04. The average molecular weight is 743 g/mol. The van der Waals surface area contributed by atoms with Crippen LogP contribution in [0.1, 0.15) is 44.7 Å². The highest BCUT2D eigenvalue weighted by Gasteiger charge is 2.38. The lowest BCUT2D eigenvalue weighted by atomic mass is 10.1. The van der Waals surface area contributed by atoms with Crippen molar-refractivity contribution < 1.29 is 37.1 Å². The summed E-state index contributed by atoms with van der Waals surface area (Å²) in [6.07, 6.45) is -3.01. The number of Topliss-reactive ketones (excluding diaryl/α,β-unsaturated/α-hetero) is 2. The molecular weight excluding hydrogens is 701 g/mol. The number of rotatable bonds is 11. The number of urea groups is 2. The van der Waals surface area contributed by atoms with Crippen molar-refractivity contribution in [2.75, 3.05) is 49.1 Å². The number of hydrogen-bond donors (Lipinski definition) is 2. The number of para-hydroxylation sites is 2. The molecule has 2 fully saturated rings. The molecule has 6 rings (SSSR count). The summed E-state index contributed by atoms with van der Waals surface area (Å²) >= 11 is 0. The van der Waals surface area contributed by atoms with Crippen molar-refractivity contribution in [3.05, 3.63) is 131 Å².